The van der Waals surface area contributed by atoms with Crippen LogP contribution >= 0.6 is 23.2 Å². The maximum Gasteiger partial charge on any atom is 0.120 e. The van der Waals surface area contributed by atoms with Gasteiger partial charge in [0.05, 0.1) is 16.1 Å². The van der Waals surface area contributed by atoms with Crippen LogP contribution in [0.2, 0.25) is 10.0 Å². The minimum absolute atomic E-state index is 0.117. The highest BCUT2D eigenvalue weighted by atomic mass is 35.5. The summed E-state index contributed by atoms with van der Waals surface area (Å²) >= 11 is 12.0. The number of rotatable bonds is 4. The van der Waals surface area contributed by atoms with Crippen molar-refractivity contribution < 1.29 is 5.11 Å². The van der Waals surface area contributed by atoms with Gasteiger partial charge in [0, 0.05) is 11.8 Å². The molecule has 0 radical (unpaired) electrons. The lowest BCUT2D eigenvalue weighted by molar-refractivity contribution is 0.471. The van der Waals surface area contributed by atoms with Gasteiger partial charge in [-0.25, -0.2) is 0 Å². The highest BCUT2D eigenvalue weighted by Gasteiger charge is 2.11. The molecule has 1 atom stereocenters. The maximum absolute atomic E-state index is 9.76. The van der Waals surface area contributed by atoms with Gasteiger partial charge in [-0.3, -0.25) is 0 Å². The molecule has 0 fully saturated rings. The van der Waals surface area contributed by atoms with Gasteiger partial charge >= 0.3 is 0 Å². The van der Waals surface area contributed by atoms with Crippen LogP contribution < -0.4 is 5.32 Å². The van der Waals surface area contributed by atoms with Gasteiger partial charge < -0.3 is 10.4 Å². The normalized spacial score (nSPS) is 12.2. The molecule has 0 heterocycles. The molecule has 0 aliphatic heterocycles. The van der Waals surface area contributed by atoms with E-state index in [9.17, 15) is 5.11 Å². The third kappa shape index (κ3) is 3.38. The summed E-state index contributed by atoms with van der Waals surface area (Å²) in [7, 11) is 0. The number of aryl methyl sites for hydroxylation is 1. The molecular weight excluding hydrogens is 293 g/mol. The van der Waals surface area contributed by atoms with Gasteiger partial charge in [-0.15, -0.1) is 0 Å². The van der Waals surface area contributed by atoms with Crippen LogP contribution in [0.3, 0.4) is 0 Å². The van der Waals surface area contributed by atoms with Gasteiger partial charge in [0.15, 0.2) is 0 Å². The Labute approximate surface area is 129 Å². The Balaban J connectivity index is 2.23. The second kappa shape index (κ2) is 6.38. The predicted molar refractivity (Wildman–Crippen MR) is 86.0 cm³/mol. The quantitative estimate of drug-likeness (QED) is 0.773. The van der Waals surface area contributed by atoms with Gasteiger partial charge in [0.25, 0.3) is 0 Å². The zero-order chi connectivity index (χ0) is 14.7. The average Bonchev–Trinajstić information content (AvgIpc) is 2.43. The molecule has 2 aromatic carbocycles. The largest absolute Gasteiger partial charge is 0.508 e. The number of hydrogen-bond donors (Lipinski definition) is 2. The summed E-state index contributed by atoms with van der Waals surface area (Å²) in [6.45, 7) is 3.96. The molecule has 2 aromatic rings. The molecule has 0 aliphatic rings. The Morgan fingerprint density at radius 2 is 1.85 bits per heavy atom. The molecule has 2 rings (SSSR count). The predicted octanol–water partition coefficient (Wildman–Crippen LogP) is 5.57. The van der Waals surface area contributed by atoms with Gasteiger partial charge in [0.1, 0.15) is 5.75 Å². The van der Waals surface area contributed by atoms with Crippen LogP contribution in [0.15, 0.2) is 36.4 Å². The van der Waals surface area contributed by atoms with Crippen molar-refractivity contribution in [2.45, 2.75) is 26.3 Å². The van der Waals surface area contributed by atoms with E-state index in [-0.39, 0.29) is 6.04 Å². The lowest BCUT2D eigenvalue weighted by atomic mass is 10.0. The van der Waals surface area contributed by atoms with Crippen LogP contribution in [0.4, 0.5) is 5.69 Å². The Kier molecular flexibility index (Phi) is 4.79. The summed E-state index contributed by atoms with van der Waals surface area (Å²) < 4.78 is 0. The molecule has 4 heteroatoms. The van der Waals surface area contributed by atoms with Crippen molar-refractivity contribution in [2.24, 2.45) is 0 Å². The molecule has 0 saturated heterocycles. The number of anilines is 1. The number of halogens is 2. The van der Waals surface area contributed by atoms with Crippen molar-refractivity contribution in [2.75, 3.05) is 5.32 Å². The molecule has 1 unspecified atom stereocenters. The summed E-state index contributed by atoms with van der Waals surface area (Å²) in [5.41, 5.74) is 2.81. The van der Waals surface area contributed by atoms with Crippen LogP contribution in [-0.4, -0.2) is 5.11 Å². The highest BCUT2D eigenvalue weighted by Crippen LogP contribution is 2.30. The first-order valence-corrected chi connectivity index (χ1v) is 7.28. The summed E-state index contributed by atoms with van der Waals surface area (Å²) in [5, 5.41) is 14.3. The van der Waals surface area contributed by atoms with E-state index in [2.05, 4.69) is 12.2 Å². The number of benzene rings is 2. The number of hydrogen-bond acceptors (Lipinski definition) is 2. The number of phenolic OH excluding ortho intramolecular Hbond substituents is 1. The SMILES string of the molecule is CCC(Nc1ccc(C)c(O)c1)c1ccc(Cl)c(Cl)c1. The lowest BCUT2D eigenvalue weighted by Crippen LogP contribution is -2.09. The van der Waals surface area contributed by atoms with E-state index in [1.54, 1.807) is 12.1 Å². The molecule has 0 bridgehead atoms. The van der Waals surface area contributed by atoms with Crippen molar-refractivity contribution in [3.05, 3.63) is 57.6 Å². The van der Waals surface area contributed by atoms with Crippen LogP contribution in [0, 0.1) is 6.92 Å². The fourth-order valence-electron chi connectivity index (χ4n) is 2.05. The van der Waals surface area contributed by atoms with E-state index in [0.717, 1.165) is 23.2 Å². The first kappa shape index (κ1) is 15.0. The second-order valence-electron chi connectivity index (χ2n) is 4.78. The minimum Gasteiger partial charge on any atom is -0.508 e. The third-order valence-electron chi connectivity index (χ3n) is 3.30. The van der Waals surface area contributed by atoms with E-state index >= 15 is 0 Å². The summed E-state index contributed by atoms with van der Waals surface area (Å²) in [6, 6.07) is 11.3. The van der Waals surface area contributed by atoms with Crippen LogP contribution in [0.5, 0.6) is 5.75 Å². The molecule has 0 amide bonds. The monoisotopic (exact) mass is 309 g/mol. The Morgan fingerprint density at radius 1 is 1.10 bits per heavy atom. The zero-order valence-corrected chi connectivity index (χ0v) is 13.0. The molecule has 0 aromatic heterocycles. The highest BCUT2D eigenvalue weighted by molar-refractivity contribution is 6.42. The van der Waals surface area contributed by atoms with E-state index in [4.69, 9.17) is 23.2 Å². The van der Waals surface area contributed by atoms with E-state index in [0.29, 0.717) is 15.8 Å². The standard InChI is InChI=1S/C16H17Cl2NO/c1-3-15(11-5-7-13(17)14(18)8-11)19-12-6-4-10(2)16(20)9-12/h4-9,15,19-20H,3H2,1-2H3. The van der Waals surface area contributed by atoms with Gasteiger partial charge in [-0.05, 0) is 42.7 Å². The summed E-state index contributed by atoms with van der Waals surface area (Å²) in [4.78, 5) is 0. The lowest BCUT2D eigenvalue weighted by Gasteiger charge is -2.19. The van der Waals surface area contributed by atoms with Crippen molar-refractivity contribution in [3.8, 4) is 5.75 Å². The van der Waals surface area contributed by atoms with Crippen LogP contribution in [0.25, 0.3) is 0 Å². The van der Waals surface area contributed by atoms with E-state index in [1.165, 1.54) is 0 Å². The molecule has 106 valence electrons. The average molecular weight is 310 g/mol. The Hall–Kier alpha value is -1.38. The topological polar surface area (TPSA) is 32.3 Å². The minimum atomic E-state index is 0.117. The number of aromatic hydroxyl groups is 1. The zero-order valence-electron chi connectivity index (χ0n) is 11.5. The first-order chi connectivity index (χ1) is 9.51. The smallest absolute Gasteiger partial charge is 0.120 e. The molecule has 0 spiro atoms. The van der Waals surface area contributed by atoms with Crippen LogP contribution in [0.1, 0.15) is 30.5 Å². The first-order valence-electron chi connectivity index (χ1n) is 6.52. The van der Waals surface area contributed by atoms with Crippen molar-refractivity contribution >= 4 is 28.9 Å². The molecule has 0 aliphatic carbocycles. The van der Waals surface area contributed by atoms with E-state index in [1.807, 2.05) is 31.2 Å². The third-order valence-corrected chi connectivity index (χ3v) is 4.04. The van der Waals surface area contributed by atoms with Crippen molar-refractivity contribution in [1.29, 1.82) is 0 Å². The number of phenols is 1. The Bertz CT molecular complexity index is 613. The van der Waals surface area contributed by atoms with Crippen molar-refractivity contribution in [1.82, 2.24) is 0 Å². The molecule has 20 heavy (non-hydrogen) atoms. The maximum atomic E-state index is 9.76. The van der Waals surface area contributed by atoms with Gasteiger partial charge in [-0.1, -0.05) is 42.3 Å². The Morgan fingerprint density at radius 3 is 2.45 bits per heavy atom. The van der Waals surface area contributed by atoms with Gasteiger partial charge in [0.2, 0.25) is 0 Å². The molecular formula is C16H17Cl2NO. The molecule has 2 nitrogen and oxygen atoms in total. The fraction of sp³-hybridized carbons (Fsp3) is 0.250. The number of nitrogens with one attached hydrogen (secondary N) is 1. The summed E-state index contributed by atoms with van der Waals surface area (Å²) in [6.07, 6.45) is 0.895. The van der Waals surface area contributed by atoms with E-state index < -0.39 is 0 Å². The summed E-state index contributed by atoms with van der Waals surface area (Å²) in [5.74, 6) is 0.291. The second-order valence-corrected chi connectivity index (χ2v) is 5.59. The molecule has 2 N–H and O–H groups in total. The van der Waals surface area contributed by atoms with Gasteiger partial charge in [-0.2, -0.15) is 0 Å². The van der Waals surface area contributed by atoms with Crippen molar-refractivity contribution in [3.63, 3.8) is 0 Å². The fourth-order valence-corrected chi connectivity index (χ4v) is 2.36. The molecule has 0 saturated carbocycles. The van der Waals surface area contributed by atoms with Crippen LogP contribution in [-0.2, 0) is 0 Å².